The van der Waals surface area contributed by atoms with E-state index in [2.05, 4.69) is 21.2 Å². The van der Waals surface area contributed by atoms with Crippen LogP contribution in [-0.4, -0.2) is 11.1 Å². The van der Waals surface area contributed by atoms with Gasteiger partial charge in [-0.05, 0) is 47.1 Å². The average Bonchev–Trinajstić information content (AvgIpc) is 2.72. The topological polar surface area (TPSA) is 62.5 Å². The number of rotatable bonds is 4. The first-order chi connectivity index (χ1) is 8.97. The molecule has 0 amide bonds. The molecule has 1 aromatic heterocycles. The second-order valence-electron chi connectivity index (χ2n) is 4.01. The molecule has 4 nitrogen and oxygen atoms in total. The first kappa shape index (κ1) is 13.6. The Balaban J connectivity index is 2.08. The minimum Gasteiger partial charge on any atom is -0.475 e. The Labute approximate surface area is 117 Å². The summed E-state index contributed by atoms with van der Waals surface area (Å²) in [7, 11) is 0. The van der Waals surface area contributed by atoms with E-state index in [1.807, 2.05) is 0 Å². The number of nitrogens with one attached hydrogen (secondary N) is 1. The van der Waals surface area contributed by atoms with E-state index in [1.54, 1.807) is 25.1 Å². The molecule has 0 atom stereocenters. The van der Waals surface area contributed by atoms with E-state index in [-0.39, 0.29) is 18.1 Å². The molecule has 0 spiro atoms. The van der Waals surface area contributed by atoms with Crippen LogP contribution in [0.2, 0.25) is 0 Å². The molecule has 0 aliphatic rings. The van der Waals surface area contributed by atoms with Gasteiger partial charge in [0.2, 0.25) is 5.76 Å². The third-order valence-corrected chi connectivity index (χ3v) is 3.19. The molecule has 1 aromatic carbocycles. The van der Waals surface area contributed by atoms with Gasteiger partial charge in [-0.2, -0.15) is 0 Å². The first-order valence-corrected chi connectivity index (χ1v) is 6.28. The van der Waals surface area contributed by atoms with Crippen molar-refractivity contribution in [2.75, 3.05) is 5.32 Å². The van der Waals surface area contributed by atoms with Gasteiger partial charge in [-0.15, -0.1) is 0 Å². The van der Waals surface area contributed by atoms with E-state index in [0.717, 1.165) is 0 Å². The highest BCUT2D eigenvalue weighted by Crippen LogP contribution is 2.21. The molecule has 0 fully saturated rings. The van der Waals surface area contributed by atoms with E-state index >= 15 is 0 Å². The number of hydrogen-bond donors (Lipinski definition) is 2. The Hall–Kier alpha value is -1.82. The lowest BCUT2D eigenvalue weighted by atomic mass is 10.2. The first-order valence-electron chi connectivity index (χ1n) is 5.49. The molecule has 0 saturated carbocycles. The zero-order valence-corrected chi connectivity index (χ0v) is 11.6. The van der Waals surface area contributed by atoms with Gasteiger partial charge in [-0.3, -0.25) is 0 Å². The van der Waals surface area contributed by atoms with Crippen LogP contribution >= 0.6 is 15.9 Å². The number of hydrogen-bond acceptors (Lipinski definition) is 3. The van der Waals surface area contributed by atoms with Crippen LogP contribution < -0.4 is 5.32 Å². The van der Waals surface area contributed by atoms with Crippen molar-refractivity contribution < 1.29 is 18.7 Å². The molecule has 1 heterocycles. The summed E-state index contributed by atoms with van der Waals surface area (Å²) in [5, 5.41) is 11.8. The number of aryl methyl sites for hydroxylation is 1. The molecular formula is C13H11BrFNO3. The Morgan fingerprint density at radius 2 is 2.21 bits per heavy atom. The third-order valence-electron chi connectivity index (χ3n) is 2.55. The summed E-state index contributed by atoms with van der Waals surface area (Å²) in [6.07, 6.45) is 0. The lowest BCUT2D eigenvalue weighted by Crippen LogP contribution is -1.99. The van der Waals surface area contributed by atoms with Crippen molar-refractivity contribution in [1.29, 1.82) is 0 Å². The summed E-state index contributed by atoms with van der Waals surface area (Å²) in [6, 6.07) is 6.29. The maximum absolute atomic E-state index is 13.3. The van der Waals surface area contributed by atoms with Crippen LogP contribution in [0.15, 0.2) is 33.2 Å². The number of aromatic carboxylic acids is 1. The molecule has 0 radical (unpaired) electrons. The van der Waals surface area contributed by atoms with Gasteiger partial charge in [0.15, 0.2) is 0 Å². The fourth-order valence-corrected chi connectivity index (χ4v) is 1.89. The number of furan rings is 1. The maximum atomic E-state index is 13.3. The van der Waals surface area contributed by atoms with Gasteiger partial charge in [-0.1, -0.05) is 0 Å². The number of anilines is 1. The quantitative estimate of drug-likeness (QED) is 0.896. The Morgan fingerprint density at radius 3 is 2.79 bits per heavy atom. The molecule has 0 bridgehead atoms. The lowest BCUT2D eigenvalue weighted by molar-refractivity contribution is 0.0659. The molecule has 19 heavy (non-hydrogen) atoms. The highest BCUT2D eigenvalue weighted by molar-refractivity contribution is 9.10. The van der Waals surface area contributed by atoms with Crippen molar-refractivity contribution in [3.63, 3.8) is 0 Å². The largest absolute Gasteiger partial charge is 0.475 e. The predicted molar refractivity (Wildman–Crippen MR) is 71.8 cm³/mol. The van der Waals surface area contributed by atoms with E-state index in [4.69, 9.17) is 9.52 Å². The number of carboxylic acids is 1. The van der Waals surface area contributed by atoms with Crippen molar-refractivity contribution in [2.24, 2.45) is 0 Å². The molecule has 0 aliphatic heterocycles. The van der Waals surface area contributed by atoms with Crippen LogP contribution in [0.5, 0.6) is 0 Å². The fourth-order valence-electron chi connectivity index (χ4n) is 1.64. The number of carbonyl (C=O) groups is 1. The van der Waals surface area contributed by atoms with Crippen molar-refractivity contribution >= 4 is 27.6 Å². The molecule has 6 heteroatoms. The van der Waals surface area contributed by atoms with Crippen LogP contribution in [0.1, 0.15) is 21.9 Å². The third kappa shape index (κ3) is 3.14. The standard InChI is InChI=1S/C13H11BrFNO3/c1-7-4-9(19-12(7)13(17)18)6-16-8-2-3-10(14)11(15)5-8/h2-5,16H,6H2,1H3,(H,17,18). The summed E-state index contributed by atoms with van der Waals surface area (Å²) < 4.78 is 18.9. The van der Waals surface area contributed by atoms with Crippen LogP contribution in [0.3, 0.4) is 0 Å². The van der Waals surface area contributed by atoms with Gasteiger partial charge < -0.3 is 14.8 Å². The summed E-state index contributed by atoms with van der Waals surface area (Å²) >= 11 is 3.07. The molecule has 0 saturated heterocycles. The second-order valence-corrected chi connectivity index (χ2v) is 4.87. The second kappa shape index (κ2) is 5.44. The molecular weight excluding hydrogens is 317 g/mol. The zero-order chi connectivity index (χ0) is 14.0. The molecule has 100 valence electrons. The van der Waals surface area contributed by atoms with E-state index in [0.29, 0.717) is 21.5 Å². The summed E-state index contributed by atoms with van der Waals surface area (Å²) in [6.45, 7) is 1.95. The van der Waals surface area contributed by atoms with E-state index < -0.39 is 5.97 Å². The molecule has 2 N–H and O–H groups in total. The Morgan fingerprint density at radius 1 is 1.47 bits per heavy atom. The molecule has 0 unspecified atom stereocenters. The van der Waals surface area contributed by atoms with Crippen molar-refractivity contribution in [3.05, 3.63) is 51.6 Å². The van der Waals surface area contributed by atoms with Gasteiger partial charge >= 0.3 is 5.97 Å². The van der Waals surface area contributed by atoms with Gasteiger partial charge in [0, 0.05) is 11.3 Å². The smallest absolute Gasteiger partial charge is 0.372 e. The highest BCUT2D eigenvalue weighted by Gasteiger charge is 2.14. The van der Waals surface area contributed by atoms with Gasteiger partial charge in [0.05, 0.1) is 11.0 Å². The predicted octanol–water partition coefficient (Wildman–Crippen LogP) is 3.80. The van der Waals surface area contributed by atoms with Gasteiger partial charge in [0.1, 0.15) is 11.6 Å². The number of halogens is 2. The maximum Gasteiger partial charge on any atom is 0.372 e. The molecule has 0 aliphatic carbocycles. The molecule has 2 aromatic rings. The Bertz CT molecular complexity index is 624. The average molecular weight is 328 g/mol. The van der Waals surface area contributed by atoms with Crippen LogP contribution in [0, 0.1) is 12.7 Å². The zero-order valence-electron chi connectivity index (χ0n) is 10.0. The normalized spacial score (nSPS) is 10.5. The van der Waals surface area contributed by atoms with Crippen molar-refractivity contribution in [3.8, 4) is 0 Å². The highest BCUT2D eigenvalue weighted by atomic mass is 79.9. The molecule has 2 rings (SSSR count). The van der Waals surface area contributed by atoms with Crippen LogP contribution in [0.4, 0.5) is 10.1 Å². The minimum absolute atomic E-state index is 0.0706. The minimum atomic E-state index is -1.10. The SMILES string of the molecule is Cc1cc(CNc2ccc(Br)c(F)c2)oc1C(=O)O. The van der Waals surface area contributed by atoms with Crippen molar-refractivity contribution in [1.82, 2.24) is 0 Å². The monoisotopic (exact) mass is 327 g/mol. The van der Waals surface area contributed by atoms with E-state index in [9.17, 15) is 9.18 Å². The van der Waals surface area contributed by atoms with Crippen LogP contribution in [-0.2, 0) is 6.54 Å². The van der Waals surface area contributed by atoms with Gasteiger partial charge in [0.25, 0.3) is 0 Å². The lowest BCUT2D eigenvalue weighted by Gasteiger charge is -2.05. The van der Waals surface area contributed by atoms with E-state index in [1.165, 1.54) is 6.07 Å². The number of benzene rings is 1. The number of carboxylic acid groups (broad SMARTS) is 1. The van der Waals surface area contributed by atoms with Crippen LogP contribution in [0.25, 0.3) is 0 Å². The summed E-state index contributed by atoms with van der Waals surface area (Å²) in [5.41, 5.74) is 1.15. The summed E-state index contributed by atoms with van der Waals surface area (Å²) in [4.78, 5) is 10.8. The summed E-state index contributed by atoms with van der Waals surface area (Å²) in [5.74, 6) is -1.05. The fraction of sp³-hybridized carbons (Fsp3) is 0.154. The van der Waals surface area contributed by atoms with Gasteiger partial charge in [-0.25, -0.2) is 9.18 Å². The van der Waals surface area contributed by atoms with Crippen molar-refractivity contribution in [2.45, 2.75) is 13.5 Å². The Kier molecular flexibility index (Phi) is 3.90.